The molecule has 2 heterocycles. The molecule has 27 heavy (non-hydrogen) atoms. The minimum absolute atomic E-state index is 0.0612. The molecule has 2 N–H and O–H groups in total. The zero-order valence-electron chi connectivity index (χ0n) is 15.2. The normalized spacial score (nSPS) is 22.7. The predicted octanol–water partition coefficient (Wildman–Crippen LogP) is 1.80. The highest BCUT2D eigenvalue weighted by Crippen LogP contribution is 2.35. The molecule has 1 amide bonds. The molecule has 1 aliphatic carbocycles. The molecular weight excluding hydrogens is 344 g/mol. The Hall–Kier alpha value is -2.63. The van der Waals surface area contributed by atoms with E-state index in [-0.39, 0.29) is 24.1 Å². The van der Waals surface area contributed by atoms with Crippen molar-refractivity contribution < 1.29 is 9.90 Å². The third kappa shape index (κ3) is 3.48. The highest BCUT2D eigenvalue weighted by Gasteiger charge is 2.37. The first-order valence-corrected chi connectivity index (χ1v) is 9.65. The van der Waals surface area contributed by atoms with Crippen LogP contribution in [0.15, 0.2) is 39.9 Å². The Labute approximate surface area is 157 Å². The summed E-state index contributed by atoms with van der Waals surface area (Å²) in [6, 6.07) is 9.67. The van der Waals surface area contributed by atoms with E-state index in [0.717, 1.165) is 24.9 Å². The number of benzene rings is 1. The molecule has 1 atom stereocenters. The summed E-state index contributed by atoms with van der Waals surface area (Å²) >= 11 is 0. The van der Waals surface area contributed by atoms with Gasteiger partial charge in [0.15, 0.2) is 5.75 Å². The molecule has 6 heteroatoms. The van der Waals surface area contributed by atoms with Crippen LogP contribution in [0.25, 0.3) is 0 Å². The summed E-state index contributed by atoms with van der Waals surface area (Å²) in [6.07, 6.45) is 5.33. The molecule has 2 aromatic rings. The van der Waals surface area contributed by atoms with E-state index in [4.69, 9.17) is 0 Å². The highest BCUT2D eigenvalue weighted by molar-refractivity contribution is 5.78. The topological polar surface area (TPSA) is 86.7 Å². The lowest BCUT2D eigenvalue weighted by Crippen LogP contribution is -2.52. The molecule has 2 aromatic carbocycles. The van der Waals surface area contributed by atoms with E-state index in [0.29, 0.717) is 18.4 Å². The molecule has 0 spiro atoms. The van der Waals surface area contributed by atoms with Crippen LogP contribution in [-0.2, 0) is 11.2 Å². The van der Waals surface area contributed by atoms with Gasteiger partial charge in [-0.2, -0.15) is 0 Å². The molecule has 0 radical (unpaired) electrons. The molecule has 142 valence electrons. The van der Waals surface area contributed by atoms with Gasteiger partial charge in [0.25, 0.3) is 10.9 Å². The summed E-state index contributed by atoms with van der Waals surface area (Å²) in [4.78, 5) is 38.0. The lowest BCUT2D eigenvalue weighted by Gasteiger charge is -2.45. The van der Waals surface area contributed by atoms with Gasteiger partial charge in [-0.3, -0.25) is 14.4 Å². The quantitative estimate of drug-likeness (QED) is 0.760. The molecule has 3 fully saturated rings. The number of hydrogen-bond acceptors (Lipinski definition) is 5. The second-order valence-corrected chi connectivity index (χ2v) is 7.84. The first kappa shape index (κ1) is 17.8. The average molecular weight is 368 g/mol. The smallest absolute Gasteiger partial charge is 0.271 e. The lowest BCUT2D eigenvalue weighted by atomic mass is 9.79. The Kier molecular flexibility index (Phi) is 4.72. The van der Waals surface area contributed by atoms with Gasteiger partial charge in [-0.25, -0.2) is 0 Å². The van der Waals surface area contributed by atoms with Gasteiger partial charge in [0.2, 0.25) is 5.91 Å². The van der Waals surface area contributed by atoms with E-state index in [1.807, 2.05) is 35.2 Å². The first-order valence-electron chi connectivity index (χ1n) is 9.65. The molecule has 3 aliphatic rings. The van der Waals surface area contributed by atoms with Crippen molar-refractivity contribution in [2.45, 2.75) is 50.6 Å². The fourth-order valence-corrected chi connectivity index (χ4v) is 4.49. The van der Waals surface area contributed by atoms with Gasteiger partial charge in [-0.1, -0.05) is 30.3 Å². The third-order valence-corrected chi connectivity index (χ3v) is 6.01. The van der Waals surface area contributed by atoms with Gasteiger partial charge in [0.05, 0.1) is 0 Å². The molecule has 2 bridgehead atoms. The Morgan fingerprint density at radius 2 is 1.81 bits per heavy atom. The summed E-state index contributed by atoms with van der Waals surface area (Å²) in [5, 5.41) is 12.6. The van der Waals surface area contributed by atoms with E-state index in [9.17, 15) is 19.5 Å². The standard InChI is InChI=1S/C21H24N2O4/c24-17(23-12-14-6-8-16(23)9-7-14)11-15(10-13-4-2-1-3-5-13)22-18-19(25)21(27)20(18)26/h1-5,14-16,22,25H,6-12H2/t14?,15-,16?/m0/s1. The van der Waals surface area contributed by atoms with Crippen LogP contribution >= 0.6 is 0 Å². The van der Waals surface area contributed by atoms with E-state index in [2.05, 4.69) is 5.32 Å². The van der Waals surface area contributed by atoms with Crippen molar-refractivity contribution in [1.82, 2.24) is 4.90 Å². The van der Waals surface area contributed by atoms with E-state index >= 15 is 0 Å². The van der Waals surface area contributed by atoms with Crippen LogP contribution in [0.3, 0.4) is 0 Å². The molecule has 1 saturated carbocycles. The van der Waals surface area contributed by atoms with Crippen molar-refractivity contribution in [3.05, 3.63) is 56.3 Å². The van der Waals surface area contributed by atoms with Crippen molar-refractivity contribution in [2.75, 3.05) is 11.9 Å². The second kappa shape index (κ2) is 7.18. The summed E-state index contributed by atoms with van der Waals surface area (Å²) in [7, 11) is 0. The maximum absolute atomic E-state index is 13.0. The number of rotatable bonds is 6. The van der Waals surface area contributed by atoms with Crippen molar-refractivity contribution >= 4 is 11.6 Å². The van der Waals surface area contributed by atoms with Gasteiger partial charge < -0.3 is 15.3 Å². The number of amides is 1. The van der Waals surface area contributed by atoms with E-state index < -0.39 is 16.6 Å². The number of hydrogen-bond donors (Lipinski definition) is 2. The maximum atomic E-state index is 13.0. The molecule has 5 rings (SSSR count). The number of nitrogens with zero attached hydrogens (tertiary/aromatic N) is 1. The average Bonchev–Trinajstić information content (AvgIpc) is 2.72. The number of piperidine rings is 2. The van der Waals surface area contributed by atoms with Crippen LogP contribution in [0.1, 0.15) is 37.7 Å². The summed E-state index contributed by atoms with van der Waals surface area (Å²) in [5.74, 6) is 0.163. The zero-order valence-corrected chi connectivity index (χ0v) is 15.2. The zero-order chi connectivity index (χ0) is 19.0. The first-order chi connectivity index (χ1) is 13.0. The van der Waals surface area contributed by atoms with Crippen molar-refractivity contribution in [2.24, 2.45) is 5.92 Å². The monoisotopic (exact) mass is 368 g/mol. The fraction of sp³-hybridized carbons (Fsp3) is 0.476. The number of carbonyl (C=O) groups is 1. The molecular formula is C21H24N2O4. The van der Waals surface area contributed by atoms with E-state index in [1.165, 1.54) is 12.8 Å². The highest BCUT2D eigenvalue weighted by atomic mass is 16.3. The maximum Gasteiger partial charge on any atom is 0.271 e. The number of aromatic hydroxyl groups is 1. The molecule has 2 aliphatic heterocycles. The summed E-state index contributed by atoms with van der Waals surface area (Å²) < 4.78 is 0. The van der Waals surface area contributed by atoms with Crippen LogP contribution in [0.2, 0.25) is 0 Å². The Balaban J connectivity index is 1.49. The van der Waals surface area contributed by atoms with Crippen LogP contribution < -0.4 is 16.2 Å². The third-order valence-electron chi connectivity index (χ3n) is 6.01. The minimum Gasteiger partial charge on any atom is -0.502 e. The van der Waals surface area contributed by atoms with Crippen LogP contribution in [0.5, 0.6) is 5.75 Å². The van der Waals surface area contributed by atoms with Crippen molar-refractivity contribution in [1.29, 1.82) is 0 Å². The van der Waals surface area contributed by atoms with Crippen LogP contribution in [-0.4, -0.2) is 34.5 Å². The van der Waals surface area contributed by atoms with Gasteiger partial charge in [0, 0.05) is 25.0 Å². The van der Waals surface area contributed by atoms with E-state index in [1.54, 1.807) is 0 Å². The van der Waals surface area contributed by atoms with Crippen molar-refractivity contribution in [3.63, 3.8) is 0 Å². The van der Waals surface area contributed by atoms with Gasteiger partial charge in [-0.15, -0.1) is 0 Å². The number of carbonyl (C=O) groups excluding carboxylic acids is 1. The van der Waals surface area contributed by atoms with Gasteiger partial charge in [0.1, 0.15) is 5.69 Å². The largest absolute Gasteiger partial charge is 0.502 e. The van der Waals surface area contributed by atoms with Gasteiger partial charge in [-0.05, 0) is 43.6 Å². The Morgan fingerprint density at radius 3 is 2.41 bits per heavy atom. The summed E-state index contributed by atoms with van der Waals surface area (Å²) in [6.45, 7) is 0.826. The van der Waals surface area contributed by atoms with Crippen LogP contribution in [0, 0.1) is 5.92 Å². The van der Waals surface area contributed by atoms with Crippen LogP contribution in [0.4, 0.5) is 5.69 Å². The second-order valence-electron chi connectivity index (χ2n) is 7.84. The van der Waals surface area contributed by atoms with Crippen molar-refractivity contribution in [3.8, 4) is 5.75 Å². The van der Waals surface area contributed by atoms with Gasteiger partial charge >= 0.3 is 0 Å². The molecule has 6 nitrogen and oxygen atoms in total. The fourth-order valence-electron chi connectivity index (χ4n) is 4.49. The Morgan fingerprint density at radius 1 is 1.11 bits per heavy atom. The molecule has 0 unspecified atom stereocenters. The number of nitrogens with one attached hydrogen (secondary N) is 1. The SMILES string of the molecule is O=C(C[C@H](Cc1ccccc1)Nc1c(O)c(=O)c1=O)N1CC2CCC1CC2. The summed E-state index contributed by atoms with van der Waals surface area (Å²) in [5.41, 5.74) is -0.610. The lowest BCUT2D eigenvalue weighted by molar-refractivity contribution is -0.138. The predicted molar refractivity (Wildman–Crippen MR) is 103 cm³/mol. The minimum atomic E-state index is -0.865. The molecule has 2 saturated heterocycles. The number of anilines is 1. The number of fused-ring (bicyclic) bond motifs is 3. The Bertz CT molecular complexity index is 893. The molecule has 0 aromatic heterocycles.